The van der Waals surface area contributed by atoms with E-state index in [0.29, 0.717) is 11.6 Å². The van der Waals surface area contributed by atoms with Gasteiger partial charge in [-0.1, -0.05) is 6.07 Å². The molecule has 4 heteroatoms. The monoisotopic (exact) mass is 269 g/mol. The highest BCUT2D eigenvalue weighted by Gasteiger charge is 2.21. The molecular weight excluding hydrogens is 254 g/mol. The van der Waals surface area contributed by atoms with E-state index >= 15 is 0 Å². The molecule has 0 atom stereocenters. The molecule has 0 aliphatic carbocycles. The lowest BCUT2D eigenvalue weighted by Gasteiger charge is -2.32. The summed E-state index contributed by atoms with van der Waals surface area (Å²) >= 11 is 1.77. The molecule has 1 saturated heterocycles. The van der Waals surface area contributed by atoms with Gasteiger partial charge in [-0.05, 0) is 53.3 Å². The summed E-state index contributed by atoms with van der Waals surface area (Å²) in [4.78, 5) is 6.65. The van der Waals surface area contributed by atoms with Gasteiger partial charge in [-0.2, -0.15) is 16.6 Å². The van der Waals surface area contributed by atoms with E-state index < -0.39 is 0 Å². The Labute approximate surface area is 117 Å². The summed E-state index contributed by atoms with van der Waals surface area (Å²) < 4.78 is 0. The van der Waals surface area contributed by atoms with Crippen LogP contribution in [0.1, 0.15) is 30.0 Å². The third-order valence-electron chi connectivity index (χ3n) is 3.68. The molecule has 0 unspecified atom stereocenters. The van der Waals surface area contributed by atoms with E-state index in [0.717, 1.165) is 31.7 Å². The van der Waals surface area contributed by atoms with Gasteiger partial charge in [0, 0.05) is 13.1 Å². The predicted molar refractivity (Wildman–Crippen MR) is 77.5 cm³/mol. The van der Waals surface area contributed by atoms with E-state index in [9.17, 15) is 0 Å². The zero-order chi connectivity index (χ0) is 13.1. The first-order valence-electron chi connectivity index (χ1n) is 6.51. The first-order valence-corrected chi connectivity index (χ1v) is 7.45. The number of piperidine rings is 1. The Bertz CT molecular complexity index is 578. The number of pyridine rings is 1. The van der Waals surface area contributed by atoms with Crippen LogP contribution in [0, 0.1) is 11.3 Å². The molecule has 1 aliphatic heterocycles. The summed E-state index contributed by atoms with van der Waals surface area (Å²) in [5, 5.41) is 13.3. The van der Waals surface area contributed by atoms with Crippen molar-refractivity contribution in [1.82, 2.24) is 4.98 Å². The van der Waals surface area contributed by atoms with Crippen molar-refractivity contribution in [2.75, 3.05) is 18.0 Å². The Morgan fingerprint density at radius 2 is 2.11 bits per heavy atom. The molecule has 0 amide bonds. The second-order valence-corrected chi connectivity index (χ2v) is 5.59. The van der Waals surface area contributed by atoms with Crippen molar-refractivity contribution < 1.29 is 0 Å². The lowest BCUT2D eigenvalue weighted by atomic mass is 9.91. The Kier molecular flexibility index (Phi) is 3.47. The van der Waals surface area contributed by atoms with Crippen molar-refractivity contribution in [3.63, 3.8) is 0 Å². The van der Waals surface area contributed by atoms with Gasteiger partial charge in [0.15, 0.2) is 0 Å². The molecule has 3 rings (SSSR count). The van der Waals surface area contributed by atoms with Crippen LogP contribution in [0.5, 0.6) is 0 Å². The van der Waals surface area contributed by atoms with E-state index in [4.69, 9.17) is 5.26 Å². The number of nitrogens with zero attached hydrogens (tertiary/aromatic N) is 3. The van der Waals surface area contributed by atoms with Gasteiger partial charge in [0.25, 0.3) is 0 Å². The molecule has 0 bridgehead atoms. The molecule has 3 nitrogen and oxygen atoms in total. The van der Waals surface area contributed by atoms with Crippen LogP contribution in [0.4, 0.5) is 5.82 Å². The van der Waals surface area contributed by atoms with Gasteiger partial charge >= 0.3 is 0 Å². The highest BCUT2D eigenvalue weighted by Crippen LogP contribution is 2.30. The topological polar surface area (TPSA) is 39.9 Å². The second-order valence-electron chi connectivity index (χ2n) is 4.81. The smallest absolute Gasteiger partial charge is 0.142 e. The van der Waals surface area contributed by atoms with Crippen molar-refractivity contribution in [3.05, 3.63) is 46.3 Å². The fourth-order valence-electron chi connectivity index (χ4n) is 2.61. The largest absolute Gasteiger partial charge is 0.357 e. The van der Waals surface area contributed by atoms with E-state index in [1.807, 2.05) is 12.1 Å². The lowest BCUT2D eigenvalue weighted by Crippen LogP contribution is -2.33. The van der Waals surface area contributed by atoms with E-state index in [2.05, 4.69) is 32.8 Å². The first-order chi connectivity index (χ1) is 9.36. The molecule has 1 aliphatic rings. The zero-order valence-corrected chi connectivity index (χ0v) is 11.4. The summed E-state index contributed by atoms with van der Waals surface area (Å²) in [6.45, 7) is 2.03. The van der Waals surface area contributed by atoms with Gasteiger partial charge in [0.1, 0.15) is 17.6 Å². The zero-order valence-electron chi connectivity index (χ0n) is 10.6. The third-order valence-corrected chi connectivity index (χ3v) is 4.38. The van der Waals surface area contributed by atoms with Crippen LogP contribution in [-0.4, -0.2) is 18.1 Å². The van der Waals surface area contributed by atoms with Crippen molar-refractivity contribution in [2.24, 2.45) is 0 Å². The minimum absolute atomic E-state index is 0.498. The van der Waals surface area contributed by atoms with E-state index in [1.54, 1.807) is 17.4 Å². The number of nitriles is 1. The Hall–Kier alpha value is -1.86. The number of anilines is 1. The molecule has 2 aromatic rings. The molecule has 2 aromatic heterocycles. The van der Waals surface area contributed by atoms with Crippen molar-refractivity contribution >= 4 is 17.2 Å². The Morgan fingerprint density at radius 3 is 2.79 bits per heavy atom. The van der Waals surface area contributed by atoms with Crippen LogP contribution >= 0.6 is 11.3 Å². The Balaban J connectivity index is 1.68. The fourth-order valence-corrected chi connectivity index (χ4v) is 3.35. The first kappa shape index (κ1) is 12.2. The molecule has 1 fully saturated rings. The summed E-state index contributed by atoms with van der Waals surface area (Å²) in [7, 11) is 0. The van der Waals surface area contributed by atoms with E-state index in [-0.39, 0.29) is 0 Å². The lowest BCUT2D eigenvalue weighted by molar-refractivity contribution is 0.503. The Morgan fingerprint density at radius 1 is 1.26 bits per heavy atom. The molecule has 0 saturated carbocycles. The average Bonchev–Trinajstić information content (AvgIpc) is 3.02. The molecule has 0 spiro atoms. The molecule has 96 valence electrons. The highest BCUT2D eigenvalue weighted by molar-refractivity contribution is 7.07. The van der Waals surface area contributed by atoms with Crippen LogP contribution in [-0.2, 0) is 0 Å². The average molecular weight is 269 g/mol. The van der Waals surface area contributed by atoms with Gasteiger partial charge in [-0.3, -0.25) is 0 Å². The minimum atomic E-state index is 0.498. The summed E-state index contributed by atoms with van der Waals surface area (Å²) in [6, 6.07) is 9.99. The minimum Gasteiger partial charge on any atom is -0.357 e. The summed E-state index contributed by atoms with van der Waals surface area (Å²) in [6.07, 6.45) is 2.32. The summed E-state index contributed by atoms with van der Waals surface area (Å²) in [5.41, 5.74) is 1.97. The maximum atomic E-state index is 8.90. The highest BCUT2D eigenvalue weighted by atomic mass is 32.1. The predicted octanol–water partition coefficient (Wildman–Crippen LogP) is 3.40. The van der Waals surface area contributed by atoms with Gasteiger partial charge in [0.05, 0.1) is 0 Å². The molecule has 0 N–H and O–H groups in total. The van der Waals surface area contributed by atoms with Crippen molar-refractivity contribution in [1.29, 1.82) is 5.26 Å². The maximum Gasteiger partial charge on any atom is 0.142 e. The molecular formula is C15H15N3S. The van der Waals surface area contributed by atoms with Gasteiger partial charge in [-0.15, -0.1) is 0 Å². The second kappa shape index (κ2) is 5.41. The van der Waals surface area contributed by atoms with Gasteiger partial charge < -0.3 is 4.90 Å². The fraction of sp³-hybridized carbons (Fsp3) is 0.333. The molecule has 3 heterocycles. The van der Waals surface area contributed by atoms with Crippen LogP contribution in [0.2, 0.25) is 0 Å². The van der Waals surface area contributed by atoms with Crippen LogP contribution in [0.15, 0.2) is 35.0 Å². The quantitative estimate of drug-likeness (QED) is 0.839. The van der Waals surface area contributed by atoms with E-state index in [1.165, 1.54) is 5.56 Å². The van der Waals surface area contributed by atoms with Crippen LogP contribution in [0.25, 0.3) is 0 Å². The van der Waals surface area contributed by atoms with Crippen molar-refractivity contribution in [3.8, 4) is 6.07 Å². The number of hydrogen-bond acceptors (Lipinski definition) is 4. The third kappa shape index (κ3) is 2.61. The molecule has 0 aromatic carbocycles. The summed E-state index contributed by atoms with van der Waals surface area (Å²) in [5.74, 6) is 1.62. The number of aromatic nitrogens is 1. The van der Waals surface area contributed by atoms with Crippen LogP contribution in [0.3, 0.4) is 0 Å². The van der Waals surface area contributed by atoms with Gasteiger partial charge in [0.2, 0.25) is 0 Å². The number of hydrogen-bond donors (Lipinski definition) is 0. The standard InChI is InChI=1S/C15H15N3S/c16-10-14-2-1-3-15(17-14)18-7-4-12(5-8-18)13-6-9-19-11-13/h1-3,6,9,11-12H,4-5,7-8H2. The van der Waals surface area contributed by atoms with Gasteiger partial charge in [-0.25, -0.2) is 4.98 Å². The SMILES string of the molecule is N#Cc1cccc(N2CCC(c3ccsc3)CC2)n1. The normalized spacial score (nSPS) is 16.3. The maximum absolute atomic E-state index is 8.90. The molecule has 0 radical (unpaired) electrons. The molecule has 19 heavy (non-hydrogen) atoms. The number of thiophene rings is 1. The van der Waals surface area contributed by atoms with Crippen molar-refractivity contribution in [2.45, 2.75) is 18.8 Å². The number of rotatable bonds is 2. The van der Waals surface area contributed by atoms with Crippen LogP contribution < -0.4 is 4.90 Å².